The predicted octanol–water partition coefficient (Wildman–Crippen LogP) is 2.80. The first kappa shape index (κ1) is 21.7. The summed E-state index contributed by atoms with van der Waals surface area (Å²) in [6.45, 7) is 1.68. The van der Waals surface area contributed by atoms with E-state index in [1.165, 1.54) is 50.5 Å². The van der Waals surface area contributed by atoms with E-state index in [1.54, 1.807) is 25.1 Å². The minimum absolute atomic E-state index is 0.137. The number of aromatic amines is 1. The molecule has 0 atom stereocenters. The van der Waals surface area contributed by atoms with Crippen LogP contribution in [0.3, 0.4) is 0 Å². The number of methoxy groups -OCH3 is 3. The van der Waals surface area contributed by atoms with E-state index < -0.39 is 5.91 Å². The number of rotatable bonds is 7. The zero-order chi connectivity index (χ0) is 23.5. The fourth-order valence-corrected chi connectivity index (χ4v) is 3.24. The molecule has 1 aromatic carbocycles. The summed E-state index contributed by atoms with van der Waals surface area (Å²) in [5, 5.41) is 7.25. The Labute approximate surface area is 187 Å². The van der Waals surface area contributed by atoms with Gasteiger partial charge in [0.25, 0.3) is 11.5 Å². The number of anilines is 1. The number of amides is 1. The summed E-state index contributed by atoms with van der Waals surface area (Å²) in [5.74, 6) is 1.42. The second kappa shape index (κ2) is 8.91. The predicted molar refractivity (Wildman–Crippen MR) is 118 cm³/mol. The van der Waals surface area contributed by atoms with Crippen LogP contribution >= 0.6 is 0 Å². The molecule has 3 heterocycles. The van der Waals surface area contributed by atoms with E-state index in [9.17, 15) is 9.59 Å². The molecule has 0 unspecified atom stereocenters. The Hall–Kier alpha value is -4.54. The van der Waals surface area contributed by atoms with Crippen molar-refractivity contribution in [1.29, 1.82) is 0 Å². The standard InChI is InChI=1S/C22H21N5O6/c1-12-8-19(28)25-22(23-12)27-18(11-14(26-27)15-6-5-7-33-15)24-21(29)13-9-16(30-2)20(32-4)17(10-13)31-3/h5-11H,1-4H3,(H,24,29)(H,23,25,28). The van der Waals surface area contributed by atoms with Crippen LogP contribution in [-0.2, 0) is 0 Å². The van der Waals surface area contributed by atoms with Gasteiger partial charge in [-0.25, -0.2) is 4.98 Å². The maximum atomic E-state index is 13.1. The molecule has 0 spiro atoms. The number of carbonyl (C=O) groups excluding carboxylic acids is 1. The van der Waals surface area contributed by atoms with Crippen molar-refractivity contribution in [1.82, 2.24) is 19.7 Å². The molecule has 3 aromatic heterocycles. The third-order valence-electron chi connectivity index (χ3n) is 4.71. The zero-order valence-electron chi connectivity index (χ0n) is 18.3. The average molecular weight is 451 g/mol. The number of hydrogen-bond donors (Lipinski definition) is 2. The monoisotopic (exact) mass is 451 g/mol. The first-order valence-corrected chi connectivity index (χ1v) is 9.77. The van der Waals surface area contributed by atoms with Crippen LogP contribution in [0.4, 0.5) is 5.82 Å². The molecule has 33 heavy (non-hydrogen) atoms. The van der Waals surface area contributed by atoms with Crippen molar-refractivity contribution in [3.63, 3.8) is 0 Å². The molecule has 11 heteroatoms. The van der Waals surface area contributed by atoms with Crippen molar-refractivity contribution in [2.45, 2.75) is 6.92 Å². The molecule has 0 aliphatic rings. The summed E-state index contributed by atoms with van der Waals surface area (Å²) in [5.41, 5.74) is 0.826. The Morgan fingerprint density at radius 1 is 1.09 bits per heavy atom. The van der Waals surface area contributed by atoms with E-state index in [0.29, 0.717) is 34.4 Å². The fourth-order valence-electron chi connectivity index (χ4n) is 3.24. The SMILES string of the molecule is COc1cc(C(=O)Nc2cc(-c3ccco3)nn2-c2nc(C)cc(=O)[nH]2)cc(OC)c1OC. The van der Waals surface area contributed by atoms with Crippen LogP contribution in [0.15, 0.2) is 51.9 Å². The summed E-state index contributed by atoms with van der Waals surface area (Å²) in [6, 6.07) is 9.46. The normalized spacial score (nSPS) is 10.7. The van der Waals surface area contributed by atoms with Crippen LogP contribution < -0.4 is 25.1 Å². The number of furan rings is 1. The number of aryl methyl sites for hydroxylation is 1. The molecular formula is C22H21N5O6. The van der Waals surface area contributed by atoms with Gasteiger partial charge in [0.05, 0.1) is 27.6 Å². The third kappa shape index (κ3) is 4.28. The zero-order valence-corrected chi connectivity index (χ0v) is 18.3. The Bertz CT molecular complexity index is 1330. The maximum absolute atomic E-state index is 13.1. The van der Waals surface area contributed by atoms with Crippen LogP contribution in [0.5, 0.6) is 17.2 Å². The van der Waals surface area contributed by atoms with E-state index in [0.717, 1.165) is 0 Å². The van der Waals surface area contributed by atoms with E-state index in [2.05, 4.69) is 20.4 Å². The second-order valence-corrected chi connectivity index (χ2v) is 6.88. The molecule has 170 valence electrons. The lowest BCUT2D eigenvalue weighted by atomic mass is 10.1. The summed E-state index contributed by atoms with van der Waals surface area (Å²) in [4.78, 5) is 32.1. The fraction of sp³-hybridized carbons (Fsp3) is 0.182. The lowest BCUT2D eigenvalue weighted by Gasteiger charge is -2.14. The molecule has 0 fully saturated rings. The number of carbonyl (C=O) groups is 1. The summed E-state index contributed by atoms with van der Waals surface area (Å²) in [7, 11) is 4.40. The molecule has 4 aromatic rings. The van der Waals surface area contributed by atoms with E-state index in [-0.39, 0.29) is 22.9 Å². The topological polar surface area (TPSA) is 134 Å². The number of benzene rings is 1. The number of hydrogen-bond acceptors (Lipinski definition) is 8. The highest BCUT2D eigenvalue weighted by Crippen LogP contribution is 2.38. The molecule has 0 saturated carbocycles. The van der Waals surface area contributed by atoms with Crippen molar-refractivity contribution in [3.8, 4) is 34.7 Å². The summed E-state index contributed by atoms with van der Waals surface area (Å²) >= 11 is 0. The molecule has 2 N–H and O–H groups in total. The van der Waals surface area contributed by atoms with Crippen LogP contribution in [0, 0.1) is 6.92 Å². The van der Waals surface area contributed by atoms with Gasteiger partial charge < -0.3 is 23.9 Å². The molecule has 0 radical (unpaired) electrons. The van der Waals surface area contributed by atoms with Gasteiger partial charge in [0.15, 0.2) is 17.3 Å². The molecule has 0 aliphatic carbocycles. The average Bonchev–Trinajstić information content (AvgIpc) is 3.47. The van der Waals surface area contributed by atoms with Crippen molar-refractivity contribution in [3.05, 3.63) is 64.3 Å². The summed E-state index contributed by atoms with van der Waals surface area (Å²) < 4.78 is 22.7. The second-order valence-electron chi connectivity index (χ2n) is 6.88. The first-order valence-electron chi connectivity index (χ1n) is 9.77. The Balaban J connectivity index is 1.77. The largest absolute Gasteiger partial charge is 0.493 e. The van der Waals surface area contributed by atoms with Gasteiger partial charge in [-0.3, -0.25) is 14.6 Å². The lowest BCUT2D eigenvalue weighted by molar-refractivity contribution is 0.102. The molecule has 0 aliphatic heterocycles. The molecule has 4 rings (SSSR count). The number of H-pyrrole nitrogens is 1. The van der Waals surface area contributed by atoms with Gasteiger partial charge in [-0.2, -0.15) is 9.78 Å². The third-order valence-corrected chi connectivity index (χ3v) is 4.71. The van der Waals surface area contributed by atoms with Gasteiger partial charge in [0.2, 0.25) is 11.7 Å². The maximum Gasteiger partial charge on any atom is 0.257 e. The number of nitrogens with one attached hydrogen (secondary N) is 2. The van der Waals surface area contributed by atoms with Gasteiger partial charge in [0, 0.05) is 23.4 Å². The Morgan fingerprint density at radius 3 is 2.39 bits per heavy atom. The summed E-state index contributed by atoms with van der Waals surface area (Å²) in [6.07, 6.45) is 1.51. The lowest BCUT2D eigenvalue weighted by Crippen LogP contribution is -2.19. The van der Waals surface area contributed by atoms with Gasteiger partial charge in [0.1, 0.15) is 11.5 Å². The van der Waals surface area contributed by atoms with Crippen LogP contribution in [-0.4, -0.2) is 47.0 Å². The quantitative estimate of drug-likeness (QED) is 0.438. The van der Waals surface area contributed by atoms with Crippen LogP contribution in [0.2, 0.25) is 0 Å². The highest BCUT2D eigenvalue weighted by Gasteiger charge is 2.21. The number of nitrogens with zero attached hydrogens (tertiary/aromatic N) is 3. The van der Waals surface area contributed by atoms with Gasteiger partial charge in [-0.15, -0.1) is 0 Å². The molecule has 1 amide bonds. The highest BCUT2D eigenvalue weighted by molar-refractivity contribution is 6.05. The van der Waals surface area contributed by atoms with E-state index in [4.69, 9.17) is 18.6 Å². The first-order chi connectivity index (χ1) is 15.9. The molecule has 0 saturated heterocycles. The van der Waals surface area contributed by atoms with E-state index in [1.807, 2.05) is 0 Å². The minimum Gasteiger partial charge on any atom is -0.493 e. The smallest absolute Gasteiger partial charge is 0.257 e. The Kier molecular flexibility index (Phi) is 5.85. The number of ether oxygens (including phenoxy) is 3. The van der Waals surface area contributed by atoms with Crippen LogP contribution in [0.1, 0.15) is 16.1 Å². The molecule has 11 nitrogen and oxygen atoms in total. The number of aromatic nitrogens is 4. The van der Waals surface area contributed by atoms with Crippen LogP contribution in [0.25, 0.3) is 17.4 Å². The van der Waals surface area contributed by atoms with Crippen molar-refractivity contribution in [2.24, 2.45) is 0 Å². The van der Waals surface area contributed by atoms with Gasteiger partial charge >= 0.3 is 0 Å². The molecule has 0 bridgehead atoms. The van der Waals surface area contributed by atoms with Crippen molar-refractivity contribution in [2.75, 3.05) is 26.6 Å². The van der Waals surface area contributed by atoms with Gasteiger partial charge in [-0.05, 0) is 31.2 Å². The van der Waals surface area contributed by atoms with E-state index >= 15 is 0 Å². The Morgan fingerprint density at radius 2 is 1.82 bits per heavy atom. The molecular weight excluding hydrogens is 430 g/mol. The minimum atomic E-state index is -0.476. The van der Waals surface area contributed by atoms with Crippen molar-refractivity contribution < 1.29 is 23.4 Å². The highest BCUT2D eigenvalue weighted by atomic mass is 16.5. The van der Waals surface area contributed by atoms with Gasteiger partial charge in [-0.1, -0.05) is 0 Å². The van der Waals surface area contributed by atoms with Crippen molar-refractivity contribution >= 4 is 11.7 Å².